The summed E-state index contributed by atoms with van der Waals surface area (Å²) in [5.41, 5.74) is -0.737. The highest BCUT2D eigenvalue weighted by Crippen LogP contribution is 2.33. The first kappa shape index (κ1) is 16.8. The van der Waals surface area contributed by atoms with Crippen molar-refractivity contribution in [2.75, 3.05) is 11.9 Å². The summed E-state index contributed by atoms with van der Waals surface area (Å²) in [7, 11) is 0. The molecule has 2 nitrogen and oxygen atoms in total. The monoisotopic (exact) mass is 427 g/mol. The van der Waals surface area contributed by atoms with Crippen molar-refractivity contribution in [2.24, 2.45) is 0 Å². The maximum atomic E-state index is 12.8. The zero-order chi connectivity index (χ0) is 15.6. The number of hydrogen-bond donors (Lipinski definition) is 0. The lowest BCUT2D eigenvalue weighted by Gasteiger charge is -2.37. The van der Waals surface area contributed by atoms with Gasteiger partial charge in [-0.1, -0.05) is 15.9 Å². The Bertz CT molecular complexity index is 529. The minimum absolute atomic E-state index is 0.0673. The molecule has 1 amide bonds. The SMILES string of the molecule is O=C(c1cc(C(F)(F)F)ccc1Br)N(CCBr)C1CCC1. The van der Waals surface area contributed by atoms with Gasteiger partial charge in [0.2, 0.25) is 0 Å². The molecule has 21 heavy (non-hydrogen) atoms. The van der Waals surface area contributed by atoms with Crippen molar-refractivity contribution < 1.29 is 18.0 Å². The predicted octanol–water partition coefficient (Wildman–Crippen LogP) is 4.86. The number of alkyl halides is 4. The Morgan fingerprint density at radius 2 is 2.00 bits per heavy atom. The quantitative estimate of drug-likeness (QED) is 0.627. The Hall–Kier alpha value is -0.560. The van der Waals surface area contributed by atoms with E-state index in [2.05, 4.69) is 31.9 Å². The summed E-state index contributed by atoms with van der Waals surface area (Å²) >= 11 is 6.47. The van der Waals surface area contributed by atoms with E-state index >= 15 is 0 Å². The number of carbonyl (C=O) groups is 1. The molecule has 0 spiro atoms. The number of hydrogen-bond acceptors (Lipinski definition) is 1. The normalized spacial score (nSPS) is 15.7. The molecule has 2 rings (SSSR count). The molecule has 1 fully saturated rings. The van der Waals surface area contributed by atoms with Crippen molar-refractivity contribution in [3.05, 3.63) is 33.8 Å². The molecule has 1 aromatic rings. The van der Waals surface area contributed by atoms with Crippen LogP contribution in [0.5, 0.6) is 0 Å². The molecule has 0 heterocycles. The van der Waals surface area contributed by atoms with Gasteiger partial charge in [0.25, 0.3) is 5.91 Å². The summed E-state index contributed by atoms with van der Waals surface area (Å²) in [6.07, 6.45) is -1.57. The fourth-order valence-electron chi connectivity index (χ4n) is 2.26. The topological polar surface area (TPSA) is 20.3 Å². The van der Waals surface area contributed by atoms with Crippen LogP contribution in [-0.2, 0) is 6.18 Å². The third-order valence-electron chi connectivity index (χ3n) is 3.63. The van der Waals surface area contributed by atoms with E-state index in [1.807, 2.05) is 0 Å². The molecule has 1 saturated carbocycles. The molecular weight excluding hydrogens is 415 g/mol. The summed E-state index contributed by atoms with van der Waals surface area (Å²) in [5, 5.41) is 0.603. The Balaban J connectivity index is 2.32. The van der Waals surface area contributed by atoms with Crippen LogP contribution < -0.4 is 0 Å². The van der Waals surface area contributed by atoms with Gasteiger partial charge in [-0.25, -0.2) is 0 Å². The second kappa shape index (κ2) is 6.69. The van der Waals surface area contributed by atoms with Gasteiger partial charge in [-0.3, -0.25) is 4.79 Å². The van der Waals surface area contributed by atoms with Crippen molar-refractivity contribution in [3.8, 4) is 0 Å². The second-order valence-electron chi connectivity index (χ2n) is 4.96. The fourth-order valence-corrected chi connectivity index (χ4v) is 3.06. The van der Waals surface area contributed by atoms with Crippen molar-refractivity contribution in [3.63, 3.8) is 0 Å². The molecule has 0 atom stereocenters. The molecule has 0 N–H and O–H groups in total. The Morgan fingerprint density at radius 1 is 1.33 bits per heavy atom. The summed E-state index contributed by atoms with van der Waals surface area (Å²) in [6, 6.07) is 3.31. The van der Waals surface area contributed by atoms with E-state index in [0.717, 1.165) is 31.4 Å². The number of benzene rings is 1. The third-order valence-corrected chi connectivity index (χ3v) is 4.67. The number of halogens is 5. The standard InChI is InChI=1S/C14H14Br2F3NO/c15-6-7-20(10-2-1-3-10)13(21)11-8-9(14(17,18)19)4-5-12(11)16/h4-5,8,10H,1-3,6-7H2. The van der Waals surface area contributed by atoms with Gasteiger partial charge in [0.05, 0.1) is 11.1 Å². The Kier molecular flexibility index (Phi) is 5.35. The van der Waals surface area contributed by atoms with Crippen LogP contribution >= 0.6 is 31.9 Å². The van der Waals surface area contributed by atoms with Gasteiger partial charge in [-0.05, 0) is 53.4 Å². The molecule has 0 aromatic heterocycles. The molecule has 0 radical (unpaired) electrons. The van der Waals surface area contributed by atoms with Crippen LogP contribution in [-0.4, -0.2) is 28.7 Å². The van der Waals surface area contributed by atoms with Crippen LogP contribution in [0.3, 0.4) is 0 Å². The van der Waals surface area contributed by atoms with E-state index in [1.165, 1.54) is 6.07 Å². The van der Waals surface area contributed by atoms with Gasteiger partial charge in [-0.2, -0.15) is 13.2 Å². The van der Waals surface area contributed by atoms with Crippen molar-refractivity contribution >= 4 is 37.8 Å². The molecule has 1 aliphatic carbocycles. The highest BCUT2D eigenvalue weighted by molar-refractivity contribution is 9.10. The smallest absolute Gasteiger partial charge is 0.335 e. The molecule has 0 saturated heterocycles. The van der Waals surface area contributed by atoms with Gasteiger partial charge in [-0.15, -0.1) is 0 Å². The molecule has 0 bridgehead atoms. The predicted molar refractivity (Wildman–Crippen MR) is 81.6 cm³/mol. The van der Waals surface area contributed by atoms with Crippen LogP contribution in [0.2, 0.25) is 0 Å². The zero-order valence-corrected chi connectivity index (χ0v) is 14.3. The van der Waals surface area contributed by atoms with Gasteiger partial charge in [0.15, 0.2) is 0 Å². The van der Waals surface area contributed by atoms with E-state index < -0.39 is 11.7 Å². The maximum absolute atomic E-state index is 12.8. The van der Waals surface area contributed by atoms with Crippen LogP contribution in [0.1, 0.15) is 35.2 Å². The summed E-state index contributed by atoms with van der Waals surface area (Å²) in [4.78, 5) is 14.2. The molecule has 116 valence electrons. The highest BCUT2D eigenvalue weighted by Gasteiger charge is 2.34. The van der Waals surface area contributed by atoms with E-state index in [1.54, 1.807) is 4.90 Å². The van der Waals surface area contributed by atoms with E-state index in [4.69, 9.17) is 0 Å². The first-order valence-electron chi connectivity index (χ1n) is 6.58. The zero-order valence-electron chi connectivity index (χ0n) is 11.1. The fraction of sp³-hybridized carbons (Fsp3) is 0.500. The van der Waals surface area contributed by atoms with Crippen LogP contribution in [0.25, 0.3) is 0 Å². The molecule has 0 unspecified atom stereocenters. The van der Waals surface area contributed by atoms with Crippen LogP contribution in [0.4, 0.5) is 13.2 Å². The minimum atomic E-state index is -4.45. The van der Waals surface area contributed by atoms with Gasteiger partial charge < -0.3 is 4.90 Å². The van der Waals surface area contributed by atoms with E-state index in [-0.39, 0.29) is 17.5 Å². The maximum Gasteiger partial charge on any atom is 0.416 e. The van der Waals surface area contributed by atoms with Gasteiger partial charge in [0, 0.05) is 22.4 Å². The summed E-state index contributed by atoms with van der Waals surface area (Å²) in [5.74, 6) is -0.350. The average Bonchev–Trinajstić information content (AvgIpc) is 2.34. The Morgan fingerprint density at radius 3 is 2.48 bits per heavy atom. The number of amides is 1. The lowest BCUT2D eigenvalue weighted by Crippen LogP contribution is -2.45. The van der Waals surface area contributed by atoms with E-state index in [0.29, 0.717) is 16.3 Å². The first-order chi connectivity index (χ1) is 9.84. The largest absolute Gasteiger partial charge is 0.416 e. The first-order valence-corrected chi connectivity index (χ1v) is 8.49. The van der Waals surface area contributed by atoms with Crippen molar-refractivity contribution in [1.29, 1.82) is 0 Å². The molecule has 0 aliphatic heterocycles. The molecule has 1 aliphatic rings. The van der Waals surface area contributed by atoms with Crippen LogP contribution in [0.15, 0.2) is 22.7 Å². The lowest BCUT2D eigenvalue weighted by atomic mass is 9.91. The summed E-state index contributed by atoms with van der Waals surface area (Å²) < 4.78 is 38.8. The average molecular weight is 429 g/mol. The summed E-state index contributed by atoms with van der Waals surface area (Å²) in [6.45, 7) is 0.492. The molecule has 1 aromatic carbocycles. The number of carbonyl (C=O) groups excluding carboxylic acids is 1. The van der Waals surface area contributed by atoms with Gasteiger partial charge in [0.1, 0.15) is 0 Å². The minimum Gasteiger partial charge on any atom is -0.335 e. The van der Waals surface area contributed by atoms with E-state index in [9.17, 15) is 18.0 Å². The van der Waals surface area contributed by atoms with Crippen molar-refractivity contribution in [2.45, 2.75) is 31.5 Å². The van der Waals surface area contributed by atoms with Gasteiger partial charge >= 0.3 is 6.18 Å². The molecule has 7 heteroatoms. The number of nitrogens with zero attached hydrogens (tertiary/aromatic N) is 1. The third kappa shape index (κ3) is 3.80. The van der Waals surface area contributed by atoms with Crippen molar-refractivity contribution in [1.82, 2.24) is 4.90 Å². The Labute approximate surface area is 137 Å². The highest BCUT2D eigenvalue weighted by atomic mass is 79.9. The lowest BCUT2D eigenvalue weighted by molar-refractivity contribution is -0.137. The number of rotatable bonds is 4. The van der Waals surface area contributed by atoms with Crippen LogP contribution in [0, 0.1) is 0 Å². The second-order valence-corrected chi connectivity index (χ2v) is 6.61. The molecular formula is C14H14Br2F3NO.